The first-order valence-electron chi connectivity index (χ1n) is 3.51. The molecular weight excluding hydrogens is 146 g/mol. The predicted molar refractivity (Wildman–Crippen MR) is 40.2 cm³/mol. The monoisotopic (exact) mass is 156 g/mol. The van der Waals surface area contributed by atoms with Crippen LogP contribution >= 0.6 is 0 Å². The lowest BCUT2D eigenvalue weighted by Gasteiger charge is -2.03. The Bertz CT molecular complexity index is 334. The number of hydrogen-bond donors (Lipinski definition) is 1. The van der Waals surface area contributed by atoms with Crippen molar-refractivity contribution < 1.29 is 10.8 Å². The van der Waals surface area contributed by atoms with Crippen molar-refractivity contribution in [2.45, 2.75) is 0 Å². The molecule has 1 aromatic heterocycles. The number of rotatable bonds is 2. The minimum atomic E-state index is -0.479. The van der Waals surface area contributed by atoms with Gasteiger partial charge >= 0.3 is 0 Å². The van der Waals surface area contributed by atoms with Gasteiger partial charge < -0.3 is 14.5 Å². The van der Waals surface area contributed by atoms with E-state index in [1.165, 1.54) is 20.4 Å². The van der Waals surface area contributed by atoms with E-state index in [1.54, 1.807) is 0 Å². The molecule has 1 heterocycles. The SMILES string of the molecule is [2H]c1c[nH]c(OC)c(OC)c1=O. The van der Waals surface area contributed by atoms with Crippen LogP contribution in [0.4, 0.5) is 0 Å². The van der Waals surface area contributed by atoms with E-state index in [-0.39, 0.29) is 17.7 Å². The number of methoxy groups -OCH3 is 2. The molecule has 0 aliphatic heterocycles. The Morgan fingerprint density at radius 1 is 1.55 bits per heavy atom. The summed E-state index contributed by atoms with van der Waals surface area (Å²) in [5.74, 6) is 0.267. The van der Waals surface area contributed by atoms with Crippen LogP contribution < -0.4 is 14.9 Å². The summed E-state index contributed by atoms with van der Waals surface area (Å²) in [5.41, 5.74) is -0.479. The van der Waals surface area contributed by atoms with Crippen LogP contribution in [0.3, 0.4) is 0 Å². The quantitative estimate of drug-likeness (QED) is 0.674. The smallest absolute Gasteiger partial charge is 0.238 e. The van der Waals surface area contributed by atoms with Crippen LogP contribution in [0.25, 0.3) is 0 Å². The third-order valence-corrected chi connectivity index (χ3v) is 1.23. The van der Waals surface area contributed by atoms with Crippen molar-refractivity contribution in [1.29, 1.82) is 0 Å². The summed E-state index contributed by atoms with van der Waals surface area (Å²) in [7, 11) is 2.77. The Hall–Kier alpha value is -1.45. The molecular formula is C7H9NO3. The summed E-state index contributed by atoms with van der Waals surface area (Å²) in [6.45, 7) is 0. The highest BCUT2D eigenvalue weighted by Crippen LogP contribution is 2.16. The summed E-state index contributed by atoms with van der Waals surface area (Å²) in [6.07, 6.45) is 1.25. The van der Waals surface area contributed by atoms with E-state index in [1.807, 2.05) is 0 Å². The molecule has 0 saturated carbocycles. The average molecular weight is 156 g/mol. The minimum Gasteiger partial charge on any atom is -0.488 e. The van der Waals surface area contributed by atoms with Crippen LogP contribution in [-0.4, -0.2) is 19.2 Å². The van der Waals surface area contributed by atoms with Crippen LogP contribution in [0.15, 0.2) is 17.0 Å². The maximum atomic E-state index is 11.2. The number of aromatic amines is 1. The molecule has 0 fully saturated rings. The second-order valence-electron chi connectivity index (χ2n) is 1.83. The first kappa shape index (κ1) is 6.27. The second kappa shape index (κ2) is 3.09. The first-order valence-corrected chi connectivity index (χ1v) is 3.01. The lowest BCUT2D eigenvalue weighted by atomic mass is 10.4. The molecule has 0 bridgehead atoms. The highest BCUT2D eigenvalue weighted by molar-refractivity contribution is 5.32. The fourth-order valence-corrected chi connectivity index (χ4v) is 0.738. The van der Waals surface area contributed by atoms with Gasteiger partial charge in [0.15, 0.2) is 0 Å². The lowest BCUT2D eigenvalue weighted by Crippen LogP contribution is -2.06. The Morgan fingerprint density at radius 2 is 2.27 bits per heavy atom. The molecule has 60 valence electrons. The molecule has 0 unspecified atom stereocenters. The molecule has 0 aliphatic carbocycles. The molecule has 0 aliphatic rings. The van der Waals surface area contributed by atoms with Crippen LogP contribution in [0, 0.1) is 0 Å². The number of pyridine rings is 1. The molecule has 0 radical (unpaired) electrons. The van der Waals surface area contributed by atoms with Crippen molar-refractivity contribution in [2.75, 3.05) is 14.2 Å². The number of hydrogen-bond acceptors (Lipinski definition) is 3. The van der Waals surface area contributed by atoms with E-state index in [0.717, 1.165) is 0 Å². The Labute approximate surface area is 65.2 Å². The number of H-pyrrole nitrogens is 1. The molecule has 11 heavy (non-hydrogen) atoms. The van der Waals surface area contributed by atoms with Gasteiger partial charge in [0, 0.05) is 12.2 Å². The topological polar surface area (TPSA) is 51.3 Å². The van der Waals surface area contributed by atoms with Gasteiger partial charge in [0.25, 0.3) is 0 Å². The predicted octanol–water partition coefficient (Wildman–Crippen LogP) is 0.392. The van der Waals surface area contributed by atoms with Crippen molar-refractivity contribution in [3.8, 4) is 11.6 Å². The van der Waals surface area contributed by atoms with Gasteiger partial charge in [0.05, 0.1) is 15.6 Å². The highest BCUT2D eigenvalue weighted by atomic mass is 16.5. The van der Waals surface area contributed by atoms with Gasteiger partial charge in [-0.3, -0.25) is 4.79 Å². The second-order valence-corrected chi connectivity index (χ2v) is 1.83. The number of nitrogens with one attached hydrogen (secondary N) is 1. The van der Waals surface area contributed by atoms with Gasteiger partial charge in [0.2, 0.25) is 17.1 Å². The van der Waals surface area contributed by atoms with Crippen LogP contribution in [0.5, 0.6) is 11.6 Å². The Kier molecular flexibility index (Phi) is 1.76. The maximum Gasteiger partial charge on any atom is 0.238 e. The molecule has 1 aromatic rings. The van der Waals surface area contributed by atoms with Crippen LogP contribution in [-0.2, 0) is 0 Å². The zero-order valence-corrected chi connectivity index (χ0v) is 6.30. The Balaban J connectivity index is 3.36. The molecule has 1 rings (SSSR count). The fraction of sp³-hybridized carbons (Fsp3) is 0.286. The summed E-state index contributed by atoms with van der Waals surface area (Å²) < 4.78 is 16.7. The highest BCUT2D eigenvalue weighted by Gasteiger charge is 2.05. The van der Waals surface area contributed by atoms with Gasteiger partial charge in [-0.05, 0) is 0 Å². The summed E-state index contributed by atoms with van der Waals surface area (Å²) >= 11 is 0. The van der Waals surface area contributed by atoms with Crippen LogP contribution in [0.2, 0.25) is 0 Å². The normalized spacial score (nSPS) is 10.5. The minimum absolute atomic E-state index is 0.0324. The summed E-state index contributed by atoms with van der Waals surface area (Å²) in [5, 5.41) is 0. The van der Waals surface area contributed by atoms with Gasteiger partial charge in [-0.1, -0.05) is 0 Å². The van der Waals surface area contributed by atoms with E-state index < -0.39 is 5.43 Å². The van der Waals surface area contributed by atoms with Gasteiger partial charge in [-0.15, -0.1) is 0 Å². The zero-order chi connectivity index (χ0) is 9.14. The molecule has 0 saturated heterocycles. The molecule has 4 nitrogen and oxygen atoms in total. The largest absolute Gasteiger partial charge is 0.488 e. The zero-order valence-electron chi connectivity index (χ0n) is 7.30. The van der Waals surface area contributed by atoms with Crippen molar-refractivity contribution in [2.24, 2.45) is 0 Å². The number of ether oxygens (including phenoxy) is 2. The van der Waals surface area contributed by atoms with E-state index in [2.05, 4.69) is 4.98 Å². The van der Waals surface area contributed by atoms with E-state index in [4.69, 9.17) is 10.8 Å². The van der Waals surface area contributed by atoms with Crippen molar-refractivity contribution in [3.63, 3.8) is 0 Å². The van der Waals surface area contributed by atoms with E-state index in [9.17, 15) is 4.79 Å². The molecule has 4 heteroatoms. The van der Waals surface area contributed by atoms with Gasteiger partial charge in [-0.2, -0.15) is 0 Å². The van der Waals surface area contributed by atoms with Crippen molar-refractivity contribution in [3.05, 3.63) is 22.5 Å². The molecule has 1 N–H and O–H groups in total. The molecule has 0 aromatic carbocycles. The standard InChI is InChI=1S/C7H9NO3/c1-10-6-5(9)3-4-8-7(6)11-2/h3-4H,1-2H3,(H,8,9)/i3D. The molecule has 0 amide bonds. The molecule has 0 atom stereocenters. The van der Waals surface area contributed by atoms with Crippen LogP contribution in [0.1, 0.15) is 1.37 Å². The number of aromatic nitrogens is 1. The fourth-order valence-electron chi connectivity index (χ4n) is 0.738. The molecule has 0 spiro atoms. The van der Waals surface area contributed by atoms with E-state index in [0.29, 0.717) is 0 Å². The third-order valence-electron chi connectivity index (χ3n) is 1.23. The summed E-state index contributed by atoms with van der Waals surface area (Å²) in [4.78, 5) is 13.8. The van der Waals surface area contributed by atoms with Crippen molar-refractivity contribution >= 4 is 0 Å². The van der Waals surface area contributed by atoms with Gasteiger partial charge in [-0.25, -0.2) is 0 Å². The Morgan fingerprint density at radius 3 is 2.82 bits per heavy atom. The third kappa shape index (κ3) is 1.34. The lowest BCUT2D eigenvalue weighted by molar-refractivity contribution is 0.340. The van der Waals surface area contributed by atoms with Crippen molar-refractivity contribution in [1.82, 2.24) is 4.98 Å². The average Bonchev–Trinajstić information content (AvgIpc) is 2.09. The first-order chi connectivity index (χ1) is 5.70. The summed E-state index contributed by atoms with van der Waals surface area (Å²) in [6, 6.07) is -0.146. The van der Waals surface area contributed by atoms with Gasteiger partial charge in [0.1, 0.15) is 0 Å². The van der Waals surface area contributed by atoms with E-state index >= 15 is 0 Å². The maximum absolute atomic E-state index is 11.2.